The standard InChI is InChI=1S/C12H16N6O/c1-8(2)11(13)12(19)15-9-5-3-4-6-10(9)18-7-14-16-17-18/h3-8,11H,13H2,1-2H3,(H,15,19). The summed E-state index contributed by atoms with van der Waals surface area (Å²) in [5, 5.41) is 13.8. The molecule has 0 bridgehead atoms. The van der Waals surface area contributed by atoms with E-state index in [1.807, 2.05) is 32.0 Å². The zero-order chi connectivity index (χ0) is 13.8. The molecule has 0 saturated heterocycles. The summed E-state index contributed by atoms with van der Waals surface area (Å²) in [6.45, 7) is 3.80. The van der Waals surface area contributed by atoms with E-state index in [0.717, 1.165) is 0 Å². The quantitative estimate of drug-likeness (QED) is 0.838. The SMILES string of the molecule is CC(C)C(N)C(=O)Nc1ccccc1-n1cnnn1. The number of amides is 1. The lowest BCUT2D eigenvalue weighted by Gasteiger charge is -2.16. The molecule has 1 atom stereocenters. The van der Waals surface area contributed by atoms with Crippen LogP contribution in [0.1, 0.15) is 13.8 Å². The minimum atomic E-state index is -0.554. The highest BCUT2D eigenvalue weighted by Crippen LogP contribution is 2.18. The van der Waals surface area contributed by atoms with Crippen molar-refractivity contribution in [3.8, 4) is 5.69 Å². The minimum absolute atomic E-state index is 0.0696. The zero-order valence-corrected chi connectivity index (χ0v) is 10.8. The first-order valence-electron chi connectivity index (χ1n) is 5.98. The van der Waals surface area contributed by atoms with E-state index in [4.69, 9.17) is 5.73 Å². The van der Waals surface area contributed by atoms with Gasteiger partial charge in [0.2, 0.25) is 5.91 Å². The van der Waals surface area contributed by atoms with E-state index in [1.54, 1.807) is 6.07 Å². The number of tetrazole rings is 1. The van der Waals surface area contributed by atoms with E-state index >= 15 is 0 Å². The van der Waals surface area contributed by atoms with Crippen LogP contribution >= 0.6 is 0 Å². The third kappa shape index (κ3) is 2.94. The smallest absolute Gasteiger partial charge is 0.241 e. The number of carbonyl (C=O) groups excluding carboxylic acids is 1. The topological polar surface area (TPSA) is 98.7 Å². The molecule has 0 aliphatic heterocycles. The van der Waals surface area contributed by atoms with Crippen molar-refractivity contribution in [1.29, 1.82) is 0 Å². The van der Waals surface area contributed by atoms with Crippen LogP contribution in [0.5, 0.6) is 0 Å². The molecule has 1 amide bonds. The maximum absolute atomic E-state index is 12.0. The van der Waals surface area contributed by atoms with Crippen molar-refractivity contribution in [2.24, 2.45) is 11.7 Å². The van der Waals surface area contributed by atoms with Crippen LogP contribution in [0.2, 0.25) is 0 Å². The monoisotopic (exact) mass is 260 g/mol. The number of rotatable bonds is 4. The van der Waals surface area contributed by atoms with E-state index in [2.05, 4.69) is 20.8 Å². The molecule has 0 aliphatic rings. The van der Waals surface area contributed by atoms with Gasteiger partial charge in [-0.1, -0.05) is 26.0 Å². The highest BCUT2D eigenvalue weighted by Gasteiger charge is 2.18. The first-order chi connectivity index (χ1) is 9.09. The predicted molar refractivity (Wildman–Crippen MR) is 70.6 cm³/mol. The Morgan fingerprint density at radius 2 is 2.11 bits per heavy atom. The summed E-state index contributed by atoms with van der Waals surface area (Å²) in [5.74, 6) is -0.157. The summed E-state index contributed by atoms with van der Waals surface area (Å²) in [6, 6.07) is 6.70. The fraction of sp³-hybridized carbons (Fsp3) is 0.333. The Kier molecular flexibility index (Phi) is 3.86. The summed E-state index contributed by atoms with van der Waals surface area (Å²) < 4.78 is 1.48. The van der Waals surface area contributed by atoms with Crippen LogP contribution in [0.4, 0.5) is 5.69 Å². The van der Waals surface area contributed by atoms with Crippen LogP contribution in [0.15, 0.2) is 30.6 Å². The molecule has 1 heterocycles. The highest BCUT2D eigenvalue weighted by molar-refractivity contribution is 5.96. The average molecular weight is 260 g/mol. The molecule has 0 aliphatic carbocycles. The Morgan fingerprint density at radius 3 is 2.74 bits per heavy atom. The second-order valence-corrected chi connectivity index (χ2v) is 4.53. The summed E-state index contributed by atoms with van der Waals surface area (Å²) in [7, 11) is 0. The Balaban J connectivity index is 2.24. The van der Waals surface area contributed by atoms with Crippen LogP contribution in [0.3, 0.4) is 0 Å². The molecule has 1 aromatic carbocycles. The molecule has 1 aromatic heterocycles. The Morgan fingerprint density at radius 1 is 1.37 bits per heavy atom. The lowest BCUT2D eigenvalue weighted by Crippen LogP contribution is -2.39. The number of carbonyl (C=O) groups is 1. The van der Waals surface area contributed by atoms with Crippen LogP contribution in [-0.4, -0.2) is 32.2 Å². The summed E-state index contributed by atoms with van der Waals surface area (Å²) in [5.41, 5.74) is 7.13. The molecule has 3 N–H and O–H groups in total. The predicted octanol–water partition coefficient (Wildman–Crippen LogP) is 0.584. The molecule has 0 saturated carbocycles. The molecular weight excluding hydrogens is 244 g/mol. The number of benzene rings is 1. The number of para-hydroxylation sites is 2. The largest absolute Gasteiger partial charge is 0.323 e. The normalized spacial score (nSPS) is 12.4. The van der Waals surface area contributed by atoms with Crippen molar-refractivity contribution in [2.75, 3.05) is 5.32 Å². The molecule has 2 rings (SSSR count). The van der Waals surface area contributed by atoms with Crippen molar-refractivity contribution in [1.82, 2.24) is 20.2 Å². The van der Waals surface area contributed by atoms with Gasteiger partial charge in [-0.05, 0) is 28.5 Å². The Hall–Kier alpha value is -2.28. The maximum Gasteiger partial charge on any atom is 0.241 e. The van der Waals surface area contributed by atoms with Gasteiger partial charge in [-0.3, -0.25) is 4.79 Å². The van der Waals surface area contributed by atoms with Gasteiger partial charge in [0.1, 0.15) is 6.33 Å². The van der Waals surface area contributed by atoms with Crippen LogP contribution in [-0.2, 0) is 4.79 Å². The van der Waals surface area contributed by atoms with Gasteiger partial charge in [0.25, 0.3) is 0 Å². The number of anilines is 1. The molecule has 1 unspecified atom stereocenters. The molecule has 100 valence electrons. The van der Waals surface area contributed by atoms with Gasteiger partial charge in [0.05, 0.1) is 17.4 Å². The van der Waals surface area contributed by atoms with E-state index in [1.165, 1.54) is 11.0 Å². The molecular formula is C12H16N6O. The van der Waals surface area contributed by atoms with Gasteiger partial charge < -0.3 is 11.1 Å². The molecule has 7 nitrogen and oxygen atoms in total. The molecule has 0 radical (unpaired) electrons. The van der Waals surface area contributed by atoms with Gasteiger partial charge >= 0.3 is 0 Å². The van der Waals surface area contributed by atoms with Crippen molar-refractivity contribution in [3.05, 3.63) is 30.6 Å². The number of aromatic nitrogens is 4. The molecule has 19 heavy (non-hydrogen) atoms. The van der Waals surface area contributed by atoms with E-state index in [-0.39, 0.29) is 11.8 Å². The fourth-order valence-corrected chi connectivity index (χ4v) is 1.57. The van der Waals surface area contributed by atoms with Gasteiger partial charge in [-0.15, -0.1) is 5.10 Å². The van der Waals surface area contributed by atoms with Crippen LogP contribution in [0, 0.1) is 5.92 Å². The van der Waals surface area contributed by atoms with Crippen molar-refractivity contribution in [2.45, 2.75) is 19.9 Å². The maximum atomic E-state index is 12.0. The van der Waals surface area contributed by atoms with Crippen molar-refractivity contribution < 1.29 is 4.79 Å². The first kappa shape index (κ1) is 13.2. The second kappa shape index (κ2) is 5.57. The minimum Gasteiger partial charge on any atom is -0.323 e. The van der Waals surface area contributed by atoms with Gasteiger partial charge in [-0.2, -0.15) is 4.68 Å². The summed E-state index contributed by atoms with van der Waals surface area (Å²) in [4.78, 5) is 12.0. The first-order valence-corrected chi connectivity index (χ1v) is 5.98. The fourth-order valence-electron chi connectivity index (χ4n) is 1.57. The number of nitrogens with one attached hydrogen (secondary N) is 1. The molecule has 0 fully saturated rings. The number of hydrogen-bond donors (Lipinski definition) is 2. The highest BCUT2D eigenvalue weighted by atomic mass is 16.2. The lowest BCUT2D eigenvalue weighted by atomic mass is 10.0. The van der Waals surface area contributed by atoms with Gasteiger partial charge in [0, 0.05) is 0 Å². The zero-order valence-electron chi connectivity index (χ0n) is 10.8. The molecule has 2 aromatic rings. The number of hydrogen-bond acceptors (Lipinski definition) is 5. The third-order valence-corrected chi connectivity index (χ3v) is 2.78. The average Bonchev–Trinajstić information content (AvgIpc) is 2.92. The van der Waals surface area contributed by atoms with Gasteiger partial charge in [0.15, 0.2) is 0 Å². The van der Waals surface area contributed by atoms with Crippen LogP contribution < -0.4 is 11.1 Å². The molecule has 7 heteroatoms. The summed E-state index contributed by atoms with van der Waals surface area (Å²) >= 11 is 0. The number of nitrogens with zero attached hydrogens (tertiary/aromatic N) is 4. The van der Waals surface area contributed by atoms with Gasteiger partial charge in [-0.25, -0.2) is 0 Å². The van der Waals surface area contributed by atoms with E-state index in [9.17, 15) is 4.79 Å². The van der Waals surface area contributed by atoms with Crippen molar-refractivity contribution >= 4 is 11.6 Å². The third-order valence-electron chi connectivity index (χ3n) is 2.78. The van der Waals surface area contributed by atoms with E-state index < -0.39 is 6.04 Å². The molecule has 0 spiro atoms. The van der Waals surface area contributed by atoms with Crippen LogP contribution in [0.25, 0.3) is 5.69 Å². The Bertz CT molecular complexity index is 551. The lowest BCUT2D eigenvalue weighted by molar-refractivity contribution is -0.118. The van der Waals surface area contributed by atoms with E-state index in [0.29, 0.717) is 11.4 Å². The van der Waals surface area contributed by atoms with Crippen molar-refractivity contribution in [3.63, 3.8) is 0 Å². The summed E-state index contributed by atoms with van der Waals surface area (Å²) in [6.07, 6.45) is 1.47. The number of nitrogens with two attached hydrogens (primary N) is 1. The Labute approximate surface area is 110 Å². The second-order valence-electron chi connectivity index (χ2n) is 4.53.